The summed E-state index contributed by atoms with van der Waals surface area (Å²) in [4.78, 5) is 4.48. The average Bonchev–Trinajstić information content (AvgIpc) is 3.57. The van der Waals surface area contributed by atoms with Crippen LogP contribution in [0.3, 0.4) is 0 Å². The average molecular weight is 559 g/mol. The van der Waals surface area contributed by atoms with E-state index in [9.17, 15) is 13.5 Å². The van der Waals surface area contributed by atoms with Crippen molar-refractivity contribution >= 4 is 33.0 Å². The van der Waals surface area contributed by atoms with Gasteiger partial charge >= 0.3 is 0 Å². The van der Waals surface area contributed by atoms with E-state index < -0.39 is 10.0 Å². The molecule has 0 radical (unpaired) electrons. The molecule has 2 heterocycles. The Morgan fingerprint density at radius 2 is 1.84 bits per heavy atom. The number of hydrogen-bond acceptors (Lipinski definition) is 8. The highest BCUT2D eigenvalue weighted by atomic mass is 35.5. The molecule has 11 heteroatoms. The quantitative estimate of drug-likeness (QED) is 0.293. The number of aliphatic hydroxyl groups is 1. The fraction of sp³-hybridized carbons (Fsp3) is 0.192. The van der Waals surface area contributed by atoms with Crippen LogP contribution < -0.4 is 14.2 Å². The van der Waals surface area contributed by atoms with Gasteiger partial charge < -0.3 is 19.3 Å². The third-order valence-electron chi connectivity index (χ3n) is 5.66. The molecule has 0 bridgehead atoms. The Morgan fingerprint density at radius 3 is 2.62 bits per heavy atom. The third kappa shape index (κ3) is 5.89. The van der Waals surface area contributed by atoms with Crippen molar-refractivity contribution < 1.29 is 27.7 Å². The smallest absolute Gasteiger partial charge is 0.243 e. The van der Waals surface area contributed by atoms with Gasteiger partial charge in [-0.15, -0.1) is 11.3 Å². The first-order valence-electron chi connectivity index (χ1n) is 11.3. The van der Waals surface area contributed by atoms with Gasteiger partial charge in [-0.2, -0.15) is 4.31 Å². The number of fused-ring (bicyclic) bond motifs is 1. The Balaban J connectivity index is 1.46. The van der Waals surface area contributed by atoms with Crippen LogP contribution in [0, 0.1) is 0 Å². The number of thiazole rings is 1. The van der Waals surface area contributed by atoms with Gasteiger partial charge in [0.25, 0.3) is 0 Å². The summed E-state index contributed by atoms with van der Waals surface area (Å²) in [5, 5.41) is 12.2. The second kappa shape index (κ2) is 11.1. The van der Waals surface area contributed by atoms with E-state index in [1.54, 1.807) is 66.0 Å². The number of aliphatic hydroxyl groups excluding tert-OH is 1. The molecular formula is C26H23ClN2O6S2. The van der Waals surface area contributed by atoms with E-state index in [0.717, 1.165) is 5.56 Å². The lowest BCUT2D eigenvalue weighted by Crippen LogP contribution is -2.30. The maximum atomic E-state index is 13.8. The number of ether oxygens (including phenoxy) is 3. The van der Waals surface area contributed by atoms with Crippen molar-refractivity contribution in [3.05, 3.63) is 99.0 Å². The van der Waals surface area contributed by atoms with Gasteiger partial charge in [0.05, 0.1) is 17.2 Å². The standard InChI is InChI=1S/C26H23ClN2O6S2/c27-20-7-9-23(33-15-26-28-21(14-30)16-36-26)19(11-20)13-29(37(31,32)22-4-2-1-3-5-22)12-18-6-8-24-25(10-18)35-17-34-24/h1-11,16,30H,12-15,17H2. The zero-order chi connectivity index (χ0) is 25.8. The predicted molar refractivity (Wildman–Crippen MR) is 139 cm³/mol. The monoisotopic (exact) mass is 558 g/mol. The first kappa shape index (κ1) is 25.5. The molecule has 0 fully saturated rings. The highest BCUT2D eigenvalue weighted by Crippen LogP contribution is 2.34. The van der Waals surface area contributed by atoms with E-state index in [1.165, 1.54) is 15.6 Å². The minimum absolute atomic E-state index is 0.0152. The fourth-order valence-electron chi connectivity index (χ4n) is 3.84. The van der Waals surface area contributed by atoms with E-state index >= 15 is 0 Å². The Hall–Kier alpha value is -3.15. The summed E-state index contributed by atoms with van der Waals surface area (Å²) in [6.45, 7) is 0.266. The topological polar surface area (TPSA) is 98.2 Å². The van der Waals surface area contributed by atoms with Gasteiger partial charge in [0.2, 0.25) is 16.8 Å². The first-order valence-corrected chi connectivity index (χ1v) is 14.0. The van der Waals surface area contributed by atoms with Gasteiger partial charge in [0, 0.05) is 29.1 Å². The third-order valence-corrected chi connectivity index (χ3v) is 8.57. The number of benzene rings is 3. The SMILES string of the molecule is O=S(=O)(c1ccccc1)N(Cc1ccc2c(c1)OCO2)Cc1cc(Cl)ccc1OCc1nc(CO)cs1. The van der Waals surface area contributed by atoms with Crippen LogP contribution in [0.1, 0.15) is 21.8 Å². The molecule has 8 nitrogen and oxygen atoms in total. The number of sulfonamides is 1. The van der Waals surface area contributed by atoms with E-state index in [-0.39, 0.29) is 38.0 Å². The van der Waals surface area contributed by atoms with Crippen molar-refractivity contribution in [1.82, 2.24) is 9.29 Å². The second-order valence-electron chi connectivity index (χ2n) is 8.21. The molecule has 1 aliphatic rings. The zero-order valence-electron chi connectivity index (χ0n) is 19.5. The van der Waals surface area contributed by atoms with Gasteiger partial charge in [-0.25, -0.2) is 13.4 Å². The molecule has 1 N–H and O–H groups in total. The van der Waals surface area contributed by atoms with Gasteiger partial charge in [-0.05, 0) is 48.0 Å². The minimum atomic E-state index is -3.88. The highest BCUT2D eigenvalue weighted by molar-refractivity contribution is 7.89. The largest absolute Gasteiger partial charge is 0.486 e. The lowest BCUT2D eigenvalue weighted by molar-refractivity contribution is 0.174. The number of hydrogen-bond donors (Lipinski definition) is 1. The maximum absolute atomic E-state index is 13.8. The molecule has 1 aliphatic heterocycles. The molecule has 0 spiro atoms. The van der Waals surface area contributed by atoms with Gasteiger partial charge in [-0.3, -0.25) is 0 Å². The fourth-order valence-corrected chi connectivity index (χ4v) is 6.16. The molecule has 3 aromatic carbocycles. The van der Waals surface area contributed by atoms with Crippen molar-refractivity contribution in [1.29, 1.82) is 0 Å². The molecule has 0 unspecified atom stereocenters. The lowest BCUT2D eigenvalue weighted by atomic mass is 10.1. The summed E-state index contributed by atoms with van der Waals surface area (Å²) in [5.74, 6) is 1.69. The van der Waals surface area contributed by atoms with Crippen molar-refractivity contribution in [3.8, 4) is 17.2 Å². The van der Waals surface area contributed by atoms with Crippen LogP contribution in [0.25, 0.3) is 0 Å². The molecule has 37 heavy (non-hydrogen) atoms. The highest BCUT2D eigenvalue weighted by Gasteiger charge is 2.27. The van der Waals surface area contributed by atoms with Crippen molar-refractivity contribution in [2.24, 2.45) is 0 Å². The molecule has 0 amide bonds. The van der Waals surface area contributed by atoms with Crippen LogP contribution in [-0.4, -0.2) is 29.6 Å². The second-order valence-corrected chi connectivity index (χ2v) is 11.5. The molecule has 5 rings (SSSR count). The van der Waals surface area contributed by atoms with Crippen LogP contribution in [0.5, 0.6) is 17.2 Å². The van der Waals surface area contributed by atoms with E-state index in [1.807, 2.05) is 6.07 Å². The zero-order valence-corrected chi connectivity index (χ0v) is 21.9. The molecule has 0 saturated heterocycles. The number of rotatable bonds is 10. The molecule has 1 aromatic heterocycles. The van der Waals surface area contributed by atoms with Gasteiger partial charge in [-0.1, -0.05) is 35.9 Å². The normalized spacial score (nSPS) is 12.7. The molecule has 4 aromatic rings. The molecule has 192 valence electrons. The van der Waals surface area contributed by atoms with E-state index in [0.29, 0.717) is 38.5 Å². The minimum Gasteiger partial charge on any atom is -0.486 e. The van der Waals surface area contributed by atoms with E-state index in [4.69, 9.17) is 25.8 Å². The summed E-state index contributed by atoms with van der Waals surface area (Å²) in [5.41, 5.74) is 1.92. The maximum Gasteiger partial charge on any atom is 0.243 e. The van der Waals surface area contributed by atoms with Crippen LogP contribution in [0.15, 0.2) is 77.0 Å². The van der Waals surface area contributed by atoms with Crippen molar-refractivity contribution in [3.63, 3.8) is 0 Å². The van der Waals surface area contributed by atoms with Crippen molar-refractivity contribution in [2.75, 3.05) is 6.79 Å². The Kier molecular flexibility index (Phi) is 7.63. The Bertz CT molecular complexity index is 1490. The molecule has 0 aliphatic carbocycles. The van der Waals surface area contributed by atoms with Crippen molar-refractivity contribution in [2.45, 2.75) is 31.2 Å². The molecule has 0 atom stereocenters. The van der Waals surface area contributed by atoms with Gasteiger partial charge in [0.1, 0.15) is 17.4 Å². The van der Waals surface area contributed by atoms with Crippen LogP contribution >= 0.6 is 22.9 Å². The number of halogens is 1. The number of nitrogens with zero attached hydrogens (tertiary/aromatic N) is 2. The molecular weight excluding hydrogens is 536 g/mol. The van der Waals surface area contributed by atoms with Crippen LogP contribution in [0.4, 0.5) is 0 Å². The summed E-state index contributed by atoms with van der Waals surface area (Å²) >= 11 is 7.68. The van der Waals surface area contributed by atoms with Crippen LogP contribution in [-0.2, 0) is 36.3 Å². The van der Waals surface area contributed by atoms with Gasteiger partial charge in [0.15, 0.2) is 11.5 Å². The molecule has 0 saturated carbocycles. The van der Waals surface area contributed by atoms with Crippen LogP contribution in [0.2, 0.25) is 5.02 Å². The first-order chi connectivity index (χ1) is 17.9. The number of aromatic nitrogens is 1. The summed E-state index contributed by atoms with van der Waals surface area (Å²) in [6, 6.07) is 18.8. The summed E-state index contributed by atoms with van der Waals surface area (Å²) in [6.07, 6.45) is 0. The summed E-state index contributed by atoms with van der Waals surface area (Å²) < 4.78 is 45.8. The van der Waals surface area contributed by atoms with E-state index in [2.05, 4.69) is 4.98 Å². The predicted octanol–water partition coefficient (Wildman–Crippen LogP) is 4.99. The Morgan fingerprint density at radius 1 is 1.03 bits per heavy atom. The summed E-state index contributed by atoms with van der Waals surface area (Å²) in [7, 11) is -3.88. The Labute approximate surface area is 223 Å². The lowest BCUT2D eigenvalue weighted by Gasteiger charge is -2.24.